The molecule has 0 amide bonds. The van der Waals surface area contributed by atoms with Crippen LogP contribution in [0.15, 0.2) is 18.2 Å². The van der Waals surface area contributed by atoms with Gasteiger partial charge in [-0.25, -0.2) is 13.2 Å². The van der Waals surface area contributed by atoms with Crippen molar-refractivity contribution < 1.29 is 13.2 Å². The van der Waals surface area contributed by atoms with E-state index in [-0.39, 0.29) is 5.39 Å². The Morgan fingerprint density at radius 3 is 2.60 bits per heavy atom. The van der Waals surface area contributed by atoms with Crippen molar-refractivity contribution in [3.05, 3.63) is 46.8 Å². The van der Waals surface area contributed by atoms with Crippen LogP contribution in [0.2, 0.25) is 0 Å². The zero-order valence-electron chi connectivity index (χ0n) is 11.5. The molecular weight excluding hydrogens is 261 g/mol. The van der Waals surface area contributed by atoms with Crippen molar-refractivity contribution in [1.82, 2.24) is 0 Å². The third-order valence-corrected chi connectivity index (χ3v) is 4.32. The minimum atomic E-state index is -1.38. The standard InChI is InChI=1S/C17H17F3/c1-2-3-10-4-5-11-8-14-13(7-12(11)6-10)9-15(18)17(20)16(14)19/h7-10H,2-6H2,1H3. The van der Waals surface area contributed by atoms with Crippen LogP contribution in [0, 0.1) is 23.4 Å². The first-order valence-corrected chi connectivity index (χ1v) is 7.19. The Morgan fingerprint density at radius 2 is 1.85 bits per heavy atom. The molecule has 1 unspecified atom stereocenters. The van der Waals surface area contributed by atoms with Crippen LogP contribution >= 0.6 is 0 Å². The molecule has 1 aliphatic rings. The molecule has 2 aromatic carbocycles. The largest absolute Gasteiger partial charge is 0.204 e. The Morgan fingerprint density at radius 1 is 1.05 bits per heavy atom. The number of halogens is 3. The number of benzene rings is 2. The second-order valence-corrected chi connectivity index (χ2v) is 5.73. The maximum Gasteiger partial charge on any atom is 0.195 e. The Bertz CT molecular complexity index is 661. The molecule has 1 atom stereocenters. The maximum absolute atomic E-state index is 13.8. The third kappa shape index (κ3) is 2.19. The molecule has 20 heavy (non-hydrogen) atoms. The van der Waals surface area contributed by atoms with Crippen LogP contribution in [0.4, 0.5) is 13.2 Å². The van der Waals surface area contributed by atoms with E-state index in [1.807, 2.05) is 6.07 Å². The average molecular weight is 278 g/mol. The summed E-state index contributed by atoms with van der Waals surface area (Å²) in [6.07, 6.45) is 5.29. The second kappa shape index (κ2) is 5.12. The van der Waals surface area contributed by atoms with Gasteiger partial charge in [-0.2, -0.15) is 0 Å². The fourth-order valence-corrected chi connectivity index (χ4v) is 3.29. The molecule has 1 aliphatic carbocycles. The average Bonchev–Trinajstić information content (AvgIpc) is 2.44. The van der Waals surface area contributed by atoms with Gasteiger partial charge in [0.25, 0.3) is 0 Å². The number of fused-ring (bicyclic) bond motifs is 2. The van der Waals surface area contributed by atoms with E-state index in [1.54, 1.807) is 6.07 Å². The van der Waals surface area contributed by atoms with E-state index in [4.69, 9.17) is 0 Å². The molecule has 0 bridgehead atoms. The first kappa shape index (κ1) is 13.5. The van der Waals surface area contributed by atoms with Gasteiger partial charge in [-0.05, 0) is 53.8 Å². The fourth-order valence-electron chi connectivity index (χ4n) is 3.29. The first-order chi connectivity index (χ1) is 9.60. The van der Waals surface area contributed by atoms with Crippen LogP contribution < -0.4 is 0 Å². The molecule has 2 aromatic rings. The van der Waals surface area contributed by atoms with E-state index >= 15 is 0 Å². The van der Waals surface area contributed by atoms with Crippen LogP contribution in [-0.2, 0) is 12.8 Å². The lowest BCUT2D eigenvalue weighted by Crippen LogP contribution is -2.14. The van der Waals surface area contributed by atoms with Crippen molar-refractivity contribution in [2.45, 2.75) is 39.0 Å². The molecule has 0 aliphatic heterocycles. The highest BCUT2D eigenvalue weighted by atomic mass is 19.2. The minimum Gasteiger partial charge on any atom is -0.204 e. The first-order valence-electron chi connectivity index (χ1n) is 7.19. The van der Waals surface area contributed by atoms with Crippen molar-refractivity contribution in [3.8, 4) is 0 Å². The number of aryl methyl sites for hydroxylation is 1. The van der Waals surface area contributed by atoms with Gasteiger partial charge in [-0.15, -0.1) is 0 Å². The van der Waals surface area contributed by atoms with Gasteiger partial charge in [0.1, 0.15) is 0 Å². The lowest BCUT2D eigenvalue weighted by Gasteiger charge is -2.25. The monoisotopic (exact) mass is 278 g/mol. The summed E-state index contributed by atoms with van der Waals surface area (Å²) >= 11 is 0. The second-order valence-electron chi connectivity index (χ2n) is 5.73. The summed E-state index contributed by atoms with van der Waals surface area (Å²) in [4.78, 5) is 0. The van der Waals surface area contributed by atoms with Crippen LogP contribution in [0.1, 0.15) is 37.3 Å². The number of rotatable bonds is 2. The molecular formula is C17H17F3. The van der Waals surface area contributed by atoms with E-state index < -0.39 is 17.5 Å². The summed E-state index contributed by atoms with van der Waals surface area (Å²) < 4.78 is 40.4. The lowest BCUT2D eigenvalue weighted by molar-refractivity contribution is 0.423. The van der Waals surface area contributed by atoms with Crippen LogP contribution in [0.3, 0.4) is 0 Å². The van der Waals surface area contributed by atoms with Gasteiger partial charge in [0.2, 0.25) is 0 Å². The van der Waals surface area contributed by atoms with Crippen LogP contribution in [0.25, 0.3) is 10.8 Å². The van der Waals surface area contributed by atoms with Gasteiger partial charge in [0, 0.05) is 5.39 Å². The molecule has 0 aromatic heterocycles. The summed E-state index contributed by atoms with van der Waals surface area (Å²) in [6.45, 7) is 2.17. The van der Waals surface area contributed by atoms with Gasteiger partial charge in [-0.1, -0.05) is 25.8 Å². The lowest BCUT2D eigenvalue weighted by atomic mass is 9.81. The molecule has 0 nitrogen and oxygen atoms in total. The topological polar surface area (TPSA) is 0 Å². The summed E-state index contributed by atoms with van der Waals surface area (Å²) in [5.74, 6) is -2.91. The third-order valence-electron chi connectivity index (χ3n) is 4.32. The SMILES string of the molecule is CCCC1CCc2cc3c(F)c(F)c(F)cc3cc2C1. The molecule has 0 saturated heterocycles. The van der Waals surface area contributed by atoms with E-state index in [0.717, 1.165) is 42.9 Å². The Kier molecular flexibility index (Phi) is 3.45. The van der Waals surface area contributed by atoms with Gasteiger partial charge in [-0.3, -0.25) is 0 Å². The number of hydrogen-bond donors (Lipinski definition) is 0. The molecule has 106 valence electrons. The molecule has 0 saturated carbocycles. The van der Waals surface area contributed by atoms with Crippen molar-refractivity contribution in [1.29, 1.82) is 0 Å². The summed E-state index contributed by atoms with van der Waals surface area (Å²) in [5.41, 5.74) is 2.24. The summed E-state index contributed by atoms with van der Waals surface area (Å²) in [5, 5.41) is 0.647. The molecule has 0 radical (unpaired) electrons. The van der Waals surface area contributed by atoms with Crippen molar-refractivity contribution in [3.63, 3.8) is 0 Å². The van der Waals surface area contributed by atoms with Crippen LogP contribution in [-0.4, -0.2) is 0 Å². The molecule has 0 heterocycles. The molecule has 3 heteroatoms. The molecule has 0 N–H and O–H groups in total. The highest BCUT2D eigenvalue weighted by Gasteiger charge is 2.21. The normalized spacial score (nSPS) is 18.3. The fraction of sp³-hybridized carbons (Fsp3) is 0.412. The van der Waals surface area contributed by atoms with E-state index in [0.29, 0.717) is 11.3 Å². The molecule has 3 rings (SSSR count). The van der Waals surface area contributed by atoms with E-state index in [2.05, 4.69) is 6.92 Å². The Balaban J connectivity index is 2.10. The van der Waals surface area contributed by atoms with Gasteiger partial charge < -0.3 is 0 Å². The summed E-state index contributed by atoms with van der Waals surface area (Å²) in [7, 11) is 0. The van der Waals surface area contributed by atoms with Crippen molar-refractivity contribution in [2.24, 2.45) is 5.92 Å². The predicted molar refractivity (Wildman–Crippen MR) is 74.2 cm³/mol. The Hall–Kier alpha value is -1.51. The van der Waals surface area contributed by atoms with E-state index in [1.165, 1.54) is 6.42 Å². The highest BCUT2D eigenvalue weighted by molar-refractivity contribution is 5.85. The zero-order chi connectivity index (χ0) is 14.3. The molecule has 0 fully saturated rings. The van der Waals surface area contributed by atoms with Crippen LogP contribution in [0.5, 0.6) is 0 Å². The van der Waals surface area contributed by atoms with E-state index in [9.17, 15) is 13.2 Å². The van der Waals surface area contributed by atoms with Gasteiger partial charge in [0.15, 0.2) is 17.5 Å². The predicted octanol–water partition coefficient (Wildman–Crippen LogP) is 5.16. The highest BCUT2D eigenvalue weighted by Crippen LogP contribution is 2.33. The van der Waals surface area contributed by atoms with Crippen molar-refractivity contribution >= 4 is 10.8 Å². The smallest absolute Gasteiger partial charge is 0.195 e. The Labute approximate surface area is 116 Å². The van der Waals surface area contributed by atoms with Crippen molar-refractivity contribution in [2.75, 3.05) is 0 Å². The maximum atomic E-state index is 13.8. The number of hydrogen-bond acceptors (Lipinski definition) is 0. The quantitative estimate of drug-likeness (QED) is 0.665. The van der Waals surface area contributed by atoms with Gasteiger partial charge in [0.05, 0.1) is 0 Å². The zero-order valence-corrected chi connectivity index (χ0v) is 11.5. The summed E-state index contributed by atoms with van der Waals surface area (Å²) in [6, 6.07) is 4.63. The minimum absolute atomic E-state index is 0.191. The molecule has 0 spiro atoms. The van der Waals surface area contributed by atoms with Gasteiger partial charge >= 0.3 is 0 Å².